The Labute approximate surface area is 71.9 Å². The maximum Gasteiger partial charge on any atom is 0.132 e. The Kier molecular flexibility index (Phi) is 2.48. The molecule has 1 nitrogen and oxygen atoms in total. The molecule has 0 saturated heterocycles. The van der Waals surface area contributed by atoms with Gasteiger partial charge >= 0.3 is 0 Å². The molecule has 0 unspecified atom stereocenters. The molecule has 0 heterocycles. The Hall–Kier alpha value is -1.31. The lowest BCUT2D eigenvalue weighted by molar-refractivity contribution is 0.624. The van der Waals surface area contributed by atoms with Gasteiger partial charge in [-0.15, -0.1) is 0 Å². The maximum absolute atomic E-state index is 13.2. The van der Waals surface area contributed by atoms with Crippen LogP contribution in [0.4, 0.5) is 10.1 Å². The molecule has 0 aliphatic carbocycles. The van der Waals surface area contributed by atoms with E-state index in [0.717, 1.165) is 11.3 Å². The zero-order valence-corrected chi connectivity index (χ0v) is 7.32. The van der Waals surface area contributed by atoms with Gasteiger partial charge in [-0.25, -0.2) is 4.39 Å². The molecule has 0 saturated carbocycles. The van der Waals surface area contributed by atoms with Gasteiger partial charge in [0.25, 0.3) is 0 Å². The Morgan fingerprint density at radius 3 is 2.58 bits per heavy atom. The first-order valence-electron chi connectivity index (χ1n) is 3.78. The lowest BCUT2D eigenvalue weighted by atomic mass is 10.1. The van der Waals surface area contributed by atoms with E-state index in [9.17, 15) is 4.39 Å². The molecule has 0 amide bonds. The standard InChI is InChI=1S/C10H12FN/c1-7(2)9-5-4-8(12-3)6-10(9)11/h4-6,12H,1H2,2-3H3. The summed E-state index contributed by atoms with van der Waals surface area (Å²) in [6, 6.07) is 5.01. The van der Waals surface area contributed by atoms with E-state index in [4.69, 9.17) is 0 Å². The van der Waals surface area contributed by atoms with E-state index < -0.39 is 0 Å². The van der Waals surface area contributed by atoms with Gasteiger partial charge in [0.05, 0.1) is 0 Å². The smallest absolute Gasteiger partial charge is 0.132 e. The minimum absolute atomic E-state index is 0.227. The Morgan fingerprint density at radius 2 is 2.17 bits per heavy atom. The summed E-state index contributed by atoms with van der Waals surface area (Å²) < 4.78 is 13.2. The van der Waals surface area contributed by atoms with Crippen molar-refractivity contribution in [1.82, 2.24) is 0 Å². The van der Waals surface area contributed by atoms with Gasteiger partial charge in [0.2, 0.25) is 0 Å². The van der Waals surface area contributed by atoms with Gasteiger partial charge in [-0.3, -0.25) is 0 Å². The van der Waals surface area contributed by atoms with Gasteiger partial charge in [-0.05, 0) is 30.7 Å². The molecule has 1 aromatic carbocycles. The highest BCUT2D eigenvalue weighted by Crippen LogP contribution is 2.19. The van der Waals surface area contributed by atoms with Crippen molar-refractivity contribution in [3.63, 3.8) is 0 Å². The maximum atomic E-state index is 13.2. The highest BCUT2D eigenvalue weighted by atomic mass is 19.1. The fourth-order valence-corrected chi connectivity index (χ4v) is 1.02. The quantitative estimate of drug-likeness (QED) is 0.710. The Morgan fingerprint density at radius 1 is 1.50 bits per heavy atom. The summed E-state index contributed by atoms with van der Waals surface area (Å²) in [7, 11) is 1.76. The zero-order chi connectivity index (χ0) is 9.14. The van der Waals surface area contributed by atoms with Crippen LogP contribution in [0, 0.1) is 5.82 Å². The average molecular weight is 165 g/mol. The van der Waals surface area contributed by atoms with Gasteiger partial charge in [0, 0.05) is 18.3 Å². The van der Waals surface area contributed by atoms with Crippen LogP contribution >= 0.6 is 0 Å². The monoisotopic (exact) mass is 165 g/mol. The van der Waals surface area contributed by atoms with Crippen LogP contribution in [0.3, 0.4) is 0 Å². The molecule has 1 aromatic rings. The van der Waals surface area contributed by atoms with Crippen LogP contribution in [0.5, 0.6) is 0 Å². The minimum Gasteiger partial charge on any atom is -0.388 e. The number of hydrogen-bond acceptors (Lipinski definition) is 1. The number of hydrogen-bond donors (Lipinski definition) is 1. The first-order valence-corrected chi connectivity index (χ1v) is 3.78. The van der Waals surface area contributed by atoms with Crippen LogP contribution in [0.2, 0.25) is 0 Å². The number of rotatable bonds is 2. The van der Waals surface area contributed by atoms with Gasteiger partial charge in [-0.2, -0.15) is 0 Å². The molecule has 0 radical (unpaired) electrons. The number of benzene rings is 1. The van der Waals surface area contributed by atoms with E-state index in [1.54, 1.807) is 20.0 Å². The molecule has 0 spiro atoms. The topological polar surface area (TPSA) is 12.0 Å². The summed E-state index contributed by atoms with van der Waals surface area (Å²) in [6.45, 7) is 5.47. The molecule has 0 fully saturated rings. The average Bonchev–Trinajstić information content (AvgIpc) is 2.03. The van der Waals surface area contributed by atoms with Gasteiger partial charge < -0.3 is 5.32 Å². The first-order chi connectivity index (χ1) is 5.65. The van der Waals surface area contributed by atoms with Crippen LogP contribution in [0.15, 0.2) is 24.8 Å². The van der Waals surface area contributed by atoms with Crippen LogP contribution in [-0.4, -0.2) is 7.05 Å². The fourth-order valence-electron chi connectivity index (χ4n) is 1.02. The van der Waals surface area contributed by atoms with Crippen LogP contribution in [0.1, 0.15) is 12.5 Å². The summed E-state index contributed by atoms with van der Waals surface area (Å²) in [6.07, 6.45) is 0. The highest BCUT2D eigenvalue weighted by Gasteiger charge is 2.02. The summed E-state index contributed by atoms with van der Waals surface area (Å²) in [4.78, 5) is 0. The summed E-state index contributed by atoms with van der Waals surface area (Å²) in [5.41, 5.74) is 2.10. The lowest BCUT2D eigenvalue weighted by Gasteiger charge is -2.04. The predicted molar refractivity (Wildman–Crippen MR) is 50.7 cm³/mol. The normalized spacial score (nSPS) is 9.58. The molecule has 0 atom stereocenters. The van der Waals surface area contributed by atoms with Crippen molar-refractivity contribution in [2.75, 3.05) is 12.4 Å². The third-order valence-electron chi connectivity index (χ3n) is 1.72. The van der Waals surface area contributed by atoms with Crippen molar-refractivity contribution >= 4 is 11.3 Å². The fraction of sp³-hybridized carbons (Fsp3) is 0.200. The predicted octanol–water partition coefficient (Wildman–Crippen LogP) is 2.90. The van der Waals surface area contributed by atoms with Crippen molar-refractivity contribution in [2.45, 2.75) is 6.92 Å². The second-order valence-corrected chi connectivity index (χ2v) is 2.72. The van der Waals surface area contributed by atoms with Crippen molar-refractivity contribution < 1.29 is 4.39 Å². The highest BCUT2D eigenvalue weighted by molar-refractivity contribution is 5.64. The van der Waals surface area contributed by atoms with Gasteiger partial charge in [0.1, 0.15) is 5.82 Å². The second-order valence-electron chi connectivity index (χ2n) is 2.72. The molecule has 1 N–H and O–H groups in total. The zero-order valence-electron chi connectivity index (χ0n) is 7.32. The van der Waals surface area contributed by atoms with Gasteiger partial charge in [0.15, 0.2) is 0 Å². The molecular formula is C10H12FN. The van der Waals surface area contributed by atoms with Gasteiger partial charge in [-0.1, -0.05) is 6.58 Å². The Balaban J connectivity index is 3.12. The molecule has 1 rings (SSSR count). The van der Waals surface area contributed by atoms with Crippen LogP contribution in [-0.2, 0) is 0 Å². The first kappa shape index (κ1) is 8.78. The number of halogens is 1. The largest absolute Gasteiger partial charge is 0.388 e. The minimum atomic E-state index is -0.227. The molecule has 0 aliphatic rings. The van der Waals surface area contributed by atoms with Crippen molar-refractivity contribution in [3.8, 4) is 0 Å². The van der Waals surface area contributed by atoms with E-state index in [-0.39, 0.29) is 5.82 Å². The number of anilines is 1. The molecular weight excluding hydrogens is 153 g/mol. The number of nitrogens with one attached hydrogen (secondary N) is 1. The van der Waals surface area contributed by atoms with E-state index in [2.05, 4.69) is 11.9 Å². The molecule has 12 heavy (non-hydrogen) atoms. The van der Waals surface area contributed by atoms with E-state index in [1.807, 2.05) is 6.07 Å². The van der Waals surface area contributed by atoms with Crippen molar-refractivity contribution in [3.05, 3.63) is 36.2 Å². The summed E-state index contributed by atoms with van der Waals surface area (Å²) in [5.74, 6) is -0.227. The van der Waals surface area contributed by atoms with E-state index in [0.29, 0.717) is 5.56 Å². The molecule has 0 aromatic heterocycles. The second kappa shape index (κ2) is 3.39. The van der Waals surface area contributed by atoms with Crippen molar-refractivity contribution in [2.24, 2.45) is 0 Å². The summed E-state index contributed by atoms with van der Waals surface area (Å²) >= 11 is 0. The van der Waals surface area contributed by atoms with E-state index in [1.165, 1.54) is 6.07 Å². The van der Waals surface area contributed by atoms with Crippen LogP contribution in [0.25, 0.3) is 5.57 Å². The Bertz CT molecular complexity index is 305. The molecule has 0 aliphatic heterocycles. The molecule has 0 bridgehead atoms. The molecule has 64 valence electrons. The lowest BCUT2D eigenvalue weighted by Crippen LogP contribution is -1.91. The molecule has 2 heteroatoms. The van der Waals surface area contributed by atoms with Crippen LogP contribution < -0.4 is 5.32 Å². The number of allylic oxidation sites excluding steroid dienone is 1. The third kappa shape index (κ3) is 1.64. The van der Waals surface area contributed by atoms with E-state index >= 15 is 0 Å². The van der Waals surface area contributed by atoms with Crippen molar-refractivity contribution in [1.29, 1.82) is 0 Å². The third-order valence-corrected chi connectivity index (χ3v) is 1.72. The SMILES string of the molecule is C=C(C)c1ccc(NC)cc1F. The summed E-state index contributed by atoms with van der Waals surface area (Å²) in [5, 5.41) is 2.86.